The number of allylic oxidation sites excluding steroid dienone is 4. The van der Waals surface area contributed by atoms with E-state index < -0.39 is 11.7 Å². The van der Waals surface area contributed by atoms with E-state index in [-0.39, 0.29) is 75.4 Å². The number of amides is 5. The standard InChI is InChI=1S/C69H97N11O10/c1-6-8-10-26-64(81)77-62-24-18-22-59(75-62)49-79(47-57-20-12-14-32-70-57)45-55-40-56(46-80(48-58-21-13-15-33-71-58)50-60-23-19-25-63(76-60)78-65(82)27-11-9-7-2)42-61(41-55)89-35-17-16-34-72-66(83)51-87-38-36-86-37-39-88-52-67(84)73-43-53-28-30-54(31-29-53)44-74-68(85)90-69(3,4)5/h12-15,18-25,28-33,40-42,57,60,70,76H,6-11,16-17,26-27,34-39,43-52H2,1-5H3,(H,72,83)(H,73,84)(H,74,85)(H,78,82)(H,75,77,81). The minimum Gasteiger partial charge on any atom is -0.494 e. The third-order valence-corrected chi connectivity index (χ3v) is 14.1. The van der Waals surface area contributed by atoms with Crippen LogP contribution in [0.5, 0.6) is 5.75 Å². The summed E-state index contributed by atoms with van der Waals surface area (Å²) in [5.74, 6) is 1.44. The number of aromatic nitrogens is 2. The molecule has 2 aliphatic rings. The average molecular weight is 1240 g/mol. The predicted molar refractivity (Wildman–Crippen MR) is 349 cm³/mol. The van der Waals surface area contributed by atoms with Crippen LogP contribution in [0.15, 0.2) is 134 Å². The maximum Gasteiger partial charge on any atom is 0.407 e. The van der Waals surface area contributed by atoms with Crippen molar-refractivity contribution in [1.29, 1.82) is 0 Å². The van der Waals surface area contributed by atoms with Crippen molar-refractivity contribution in [1.82, 2.24) is 51.7 Å². The van der Waals surface area contributed by atoms with Gasteiger partial charge in [0.15, 0.2) is 0 Å². The fourth-order valence-corrected chi connectivity index (χ4v) is 9.76. The van der Waals surface area contributed by atoms with Gasteiger partial charge in [0.1, 0.15) is 36.2 Å². The third-order valence-electron chi connectivity index (χ3n) is 14.1. The molecule has 0 fully saturated rings. The molecule has 4 heterocycles. The lowest BCUT2D eigenvalue weighted by Gasteiger charge is -2.30. The largest absolute Gasteiger partial charge is 0.494 e. The lowest BCUT2D eigenvalue weighted by atomic mass is 10.1. The van der Waals surface area contributed by atoms with Crippen molar-refractivity contribution in [2.24, 2.45) is 0 Å². The number of carbonyl (C=O) groups excluding carboxylic acids is 5. The molecule has 6 rings (SSSR count). The summed E-state index contributed by atoms with van der Waals surface area (Å²) in [4.78, 5) is 76.9. The molecular formula is C69H97N11O10. The van der Waals surface area contributed by atoms with Crippen LogP contribution in [0.1, 0.15) is 132 Å². The molecule has 0 aliphatic carbocycles. The molecule has 0 saturated heterocycles. The van der Waals surface area contributed by atoms with E-state index in [4.69, 9.17) is 33.7 Å². The van der Waals surface area contributed by atoms with E-state index in [1.807, 2.05) is 112 Å². The van der Waals surface area contributed by atoms with Crippen molar-refractivity contribution >= 4 is 35.5 Å². The molecule has 2 atom stereocenters. The summed E-state index contributed by atoms with van der Waals surface area (Å²) >= 11 is 0. The van der Waals surface area contributed by atoms with Gasteiger partial charge in [-0.3, -0.25) is 34.0 Å². The van der Waals surface area contributed by atoms with Crippen LogP contribution in [0, 0.1) is 0 Å². The van der Waals surface area contributed by atoms with Gasteiger partial charge in [0, 0.05) is 77.9 Å². The number of nitrogens with one attached hydrogen (secondary N) is 7. The number of hydrogen-bond acceptors (Lipinski definition) is 16. The second kappa shape index (κ2) is 40.6. The number of benzene rings is 2. The van der Waals surface area contributed by atoms with Crippen molar-refractivity contribution in [3.8, 4) is 5.75 Å². The molecule has 0 radical (unpaired) electrons. The lowest BCUT2D eigenvalue weighted by Crippen LogP contribution is -2.44. The number of carbonyl (C=O) groups is 5. The Hall–Kier alpha value is -7.95. The zero-order valence-electron chi connectivity index (χ0n) is 53.5. The van der Waals surface area contributed by atoms with Gasteiger partial charge in [0.25, 0.3) is 0 Å². The first-order valence-electron chi connectivity index (χ1n) is 31.9. The van der Waals surface area contributed by atoms with Crippen LogP contribution in [0.2, 0.25) is 0 Å². The lowest BCUT2D eigenvalue weighted by molar-refractivity contribution is -0.126. The molecule has 21 heteroatoms. The number of anilines is 1. The Morgan fingerprint density at radius 1 is 0.578 bits per heavy atom. The highest BCUT2D eigenvalue weighted by Gasteiger charge is 2.21. The minimum atomic E-state index is -0.570. The van der Waals surface area contributed by atoms with Gasteiger partial charge in [0.05, 0.1) is 56.5 Å². The SMILES string of the molecule is CCCCCC(=O)NC1=CC=CC(CN(Cc2cc(CN(Cc3cccc(NC(=O)CCCCC)n3)CC3C=CC=CN3)cc(OCCCCNC(=O)COCCOCCOCC(=O)NCc3ccc(CNC(=O)OC(C)(C)C)cc3)c2)Cc2ccccn2)N1. The number of dihydropyridines is 2. The monoisotopic (exact) mass is 1240 g/mol. The Kier molecular flexibility index (Phi) is 32.1. The van der Waals surface area contributed by atoms with E-state index in [1.165, 1.54) is 0 Å². The maximum absolute atomic E-state index is 12.8. The van der Waals surface area contributed by atoms with Gasteiger partial charge < -0.3 is 60.9 Å². The third kappa shape index (κ3) is 30.5. The first-order chi connectivity index (χ1) is 43.7. The summed E-state index contributed by atoms with van der Waals surface area (Å²) in [5.41, 5.74) is 5.11. The number of unbranched alkanes of at least 4 members (excludes halogenated alkanes) is 5. The van der Waals surface area contributed by atoms with Crippen LogP contribution >= 0.6 is 0 Å². The molecule has 0 saturated carbocycles. The fourth-order valence-electron chi connectivity index (χ4n) is 9.76. The van der Waals surface area contributed by atoms with E-state index >= 15 is 0 Å². The smallest absolute Gasteiger partial charge is 0.407 e. The Labute approximate surface area is 532 Å². The molecule has 488 valence electrons. The average Bonchev–Trinajstić information content (AvgIpc) is 1.67. The summed E-state index contributed by atoms with van der Waals surface area (Å²) in [6.45, 7) is 15.5. The zero-order chi connectivity index (χ0) is 64.0. The molecule has 21 nitrogen and oxygen atoms in total. The first-order valence-corrected chi connectivity index (χ1v) is 31.9. The molecule has 2 aliphatic heterocycles. The summed E-state index contributed by atoms with van der Waals surface area (Å²) in [6, 6.07) is 25.7. The van der Waals surface area contributed by atoms with E-state index in [9.17, 15) is 24.0 Å². The van der Waals surface area contributed by atoms with Crippen LogP contribution in [0.4, 0.5) is 10.6 Å². The van der Waals surface area contributed by atoms with Crippen LogP contribution in [-0.2, 0) is 77.4 Å². The molecule has 90 heavy (non-hydrogen) atoms. The van der Waals surface area contributed by atoms with Gasteiger partial charge in [-0.15, -0.1) is 0 Å². The van der Waals surface area contributed by atoms with Crippen LogP contribution in [-0.4, -0.2) is 133 Å². The number of rotatable bonds is 42. The summed E-state index contributed by atoms with van der Waals surface area (Å²) in [5, 5.41) is 21.6. The molecule has 2 aromatic carbocycles. The highest BCUT2D eigenvalue weighted by atomic mass is 16.6. The maximum atomic E-state index is 12.8. The molecule has 7 N–H and O–H groups in total. The number of pyridine rings is 2. The van der Waals surface area contributed by atoms with Crippen molar-refractivity contribution in [2.75, 3.05) is 71.2 Å². The van der Waals surface area contributed by atoms with Crippen LogP contribution in [0.25, 0.3) is 0 Å². The van der Waals surface area contributed by atoms with Crippen molar-refractivity contribution < 1.29 is 47.7 Å². The Morgan fingerprint density at radius 2 is 1.20 bits per heavy atom. The second-order valence-electron chi connectivity index (χ2n) is 23.5. The summed E-state index contributed by atoms with van der Waals surface area (Å²) in [6.07, 6.45) is 23.6. The van der Waals surface area contributed by atoms with Crippen molar-refractivity contribution in [3.05, 3.63) is 167 Å². The topological polar surface area (TPSA) is 248 Å². The van der Waals surface area contributed by atoms with Gasteiger partial charge in [-0.05, 0) is 123 Å². The van der Waals surface area contributed by atoms with E-state index in [2.05, 4.69) is 97.3 Å². The van der Waals surface area contributed by atoms with Gasteiger partial charge in [-0.1, -0.05) is 106 Å². The number of nitrogens with zero attached hydrogens (tertiary/aromatic N) is 4. The molecule has 2 aromatic heterocycles. The Balaban J connectivity index is 0.985. The number of hydrogen-bond donors (Lipinski definition) is 7. The number of ether oxygens (including phenoxy) is 5. The normalized spacial score (nSPS) is 14.3. The summed E-state index contributed by atoms with van der Waals surface area (Å²) < 4.78 is 28.4. The highest BCUT2D eigenvalue weighted by Crippen LogP contribution is 2.24. The van der Waals surface area contributed by atoms with Gasteiger partial charge in [-0.2, -0.15) is 0 Å². The van der Waals surface area contributed by atoms with Gasteiger partial charge >= 0.3 is 6.09 Å². The van der Waals surface area contributed by atoms with E-state index in [1.54, 1.807) is 0 Å². The molecular weight excluding hydrogens is 1140 g/mol. The van der Waals surface area contributed by atoms with Gasteiger partial charge in [0.2, 0.25) is 23.6 Å². The minimum absolute atomic E-state index is 0.000963. The van der Waals surface area contributed by atoms with Gasteiger partial charge in [-0.25, -0.2) is 9.78 Å². The first kappa shape index (κ1) is 71.1. The highest BCUT2D eigenvalue weighted by molar-refractivity contribution is 5.89. The summed E-state index contributed by atoms with van der Waals surface area (Å²) in [7, 11) is 0. The van der Waals surface area contributed by atoms with Crippen LogP contribution in [0.3, 0.4) is 0 Å². The Bertz CT molecular complexity index is 2930. The quantitative estimate of drug-likeness (QED) is 0.0205. The Morgan fingerprint density at radius 3 is 1.84 bits per heavy atom. The zero-order valence-corrected chi connectivity index (χ0v) is 53.5. The van der Waals surface area contributed by atoms with Crippen molar-refractivity contribution in [3.63, 3.8) is 0 Å². The number of alkyl carbamates (subject to hydrolysis) is 1. The van der Waals surface area contributed by atoms with Crippen LogP contribution < -0.4 is 42.0 Å². The molecule has 4 aromatic rings. The molecule has 0 spiro atoms. The molecule has 0 bridgehead atoms. The van der Waals surface area contributed by atoms with E-state index in [0.717, 1.165) is 77.9 Å². The predicted octanol–water partition coefficient (Wildman–Crippen LogP) is 8.77. The second-order valence-corrected chi connectivity index (χ2v) is 23.5. The molecule has 5 amide bonds. The fraction of sp³-hybridized carbons (Fsp3) is 0.493. The molecule has 2 unspecified atom stereocenters. The van der Waals surface area contributed by atoms with E-state index in [0.29, 0.717) is 103 Å². The van der Waals surface area contributed by atoms with Crippen molar-refractivity contribution in [2.45, 2.75) is 156 Å².